The van der Waals surface area contributed by atoms with Crippen LogP contribution >= 0.6 is 0 Å². The summed E-state index contributed by atoms with van der Waals surface area (Å²) >= 11 is 0. The number of nitrogens with zero attached hydrogens (tertiary/aromatic N) is 5. The highest BCUT2D eigenvalue weighted by Gasteiger charge is 2.27. The third-order valence-corrected chi connectivity index (χ3v) is 8.75. The lowest BCUT2D eigenvalue weighted by molar-refractivity contribution is -0.110. The fraction of sp³-hybridized carbons (Fsp3) is 0.410. The van der Waals surface area contributed by atoms with Gasteiger partial charge in [0, 0.05) is 50.6 Å². The molecule has 1 saturated heterocycles. The first-order valence-corrected chi connectivity index (χ1v) is 17.3. The van der Waals surface area contributed by atoms with Crippen LogP contribution in [0.3, 0.4) is 0 Å². The minimum absolute atomic E-state index is 0.227. The lowest BCUT2D eigenvalue weighted by atomic mass is 10.1. The highest BCUT2D eigenvalue weighted by atomic mass is 16.5. The van der Waals surface area contributed by atoms with Gasteiger partial charge >= 0.3 is 0 Å². The Labute approximate surface area is 302 Å². The number of amidine groups is 1. The molecule has 2 fully saturated rings. The molecule has 2 atom stereocenters. The molecule has 2 unspecified atom stereocenters. The maximum Gasteiger partial charge on any atom is 0.272 e. The van der Waals surface area contributed by atoms with Crippen molar-refractivity contribution in [3.05, 3.63) is 108 Å². The first-order valence-electron chi connectivity index (χ1n) is 17.3. The number of aldehydes is 1. The number of para-hydroxylation sites is 1. The van der Waals surface area contributed by atoms with Gasteiger partial charge in [0.25, 0.3) is 5.91 Å². The summed E-state index contributed by atoms with van der Waals surface area (Å²) in [6, 6.07) is 21.7. The van der Waals surface area contributed by atoms with Crippen molar-refractivity contribution in [3.8, 4) is 0 Å². The number of carbonyl (C=O) groups excluding carboxylic acids is 3. The van der Waals surface area contributed by atoms with Crippen LogP contribution in [0.5, 0.6) is 0 Å². The van der Waals surface area contributed by atoms with E-state index in [4.69, 9.17) is 15.5 Å². The third kappa shape index (κ3) is 13.3. The van der Waals surface area contributed by atoms with Crippen LogP contribution in [0.4, 0.5) is 5.69 Å². The zero-order valence-corrected chi connectivity index (χ0v) is 30.6. The fourth-order valence-corrected chi connectivity index (χ4v) is 4.90. The summed E-state index contributed by atoms with van der Waals surface area (Å²) in [6.45, 7) is 13.3. The van der Waals surface area contributed by atoms with Gasteiger partial charge < -0.3 is 30.8 Å². The van der Waals surface area contributed by atoms with E-state index in [9.17, 15) is 14.4 Å². The predicted octanol–water partition coefficient (Wildman–Crippen LogP) is 4.64. The Morgan fingerprint density at radius 2 is 1.75 bits per heavy atom. The van der Waals surface area contributed by atoms with Crippen molar-refractivity contribution in [2.75, 3.05) is 33.9 Å². The van der Waals surface area contributed by atoms with Crippen LogP contribution < -0.4 is 16.4 Å². The molecule has 2 heterocycles. The molecule has 1 aromatic heterocycles. The first-order chi connectivity index (χ1) is 24.6. The number of nitrogens with one attached hydrogen (secondary N) is 2. The third-order valence-electron chi connectivity index (χ3n) is 8.75. The zero-order chi connectivity index (χ0) is 37.2. The minimum atomic E-state index is -0.746. The number of benzene rings is 2. The van der Waals surface area contributed by atoms with Crippen molar-refractivity contribution in [3.63, 3.8) is 0 Å². The Hall–Kier alpha value is -5.07. The lowest BCUT2D eigenvalue weighted by Gasteiger charge is -2.38. The Balaban J connectivity index is 0.000000271. The topological polar surface area (TPSA) is 147 Å². The molecular weight excluding hydrogens is 644 g/mol. The maximum absolute atomic E-state index is 12.6. The minimum Gasteiger partial charge on any atom is -0.404 e. The molecule has 1 aliphatic heterocycles. The number of aliphatic imine (C=N–C) groups is 1. The number of hydrogen-bond donors (Lipinski definition) is 3. The molecule has 2 amide bonds. The van der Waals surface area contributed by atoms with Gasteiger partial charge in [-0.15, -0.1) is 0 Å². The monoisotopic (exact) mass is 698 g/mol. The zero-order valence-electron chi connectivity index (χ0n) is 30.6. The average molecular weight is 699 g/mol. The van der Waals surface area contributed by atoms with E-state index in [1.165, 1.54) is 11.8 Å². The van der Waals surface area contributed by atoms with E-state index >= 15 is 0 Å². The molecule has 0 radical (unpaired) electrons. The van der Waals surface area contributed by atoms with Crippen molar-refractivity contribution in [1.29, 1.82) is 0 Å². The summed E-state index contributed by atoms with van der Waals surface area (Å²) < 4.78 is 6.92. The van der Waals surface area contributed by atoms with Gasteiger partial charge in [0.15, 0.2) is 0 Å². The number of hydrogen-bond acceptors (Lipinski definition) is 8. The molecule has 2 aromatic carbocycles. The van der Waals surface area contributed by atoms with Gasteiger partial charge in [-0.3, -0.25) is 19.2 Å². The Morgan fingerprint density at radius 1 is 1.10 bits per heavy atom. The molecular formula is C39H54N8O4. The summed E-state index contributed by atoms with van der Waals surface area (Å²) in [5.74, 6) is 0.276. The van der Waals surface area contributed by atoms with Crippen molar-refractivity contribution < 1.29 is 19.1 Å². The normalized spacial score (nSPS) is 15.5. The van der Waals surface area contributed by atoms with Crippen LogP contribution in [-0.2, 0) is 20.9 Å². The van der Waals surface area contributed by atoms with E-state index in [0.717, 1.165) is 37.3 Å². The molecule has 12 nitrogen and oxygen atoms in total. The first kappa shape index (κ1) is 40.4. The van der Waals surface area contributed by atoms with Crippen molar-refractivity contribution in [2.24, 2.45) is 10.7 Å². The van der Waals surface area contributed by atoms with Crippen molar-refractivity contribution in [2.45, 2.75) is 70.7 Å². The second-order valence-electron chi connectivity index (χ2n) is 12.7. The Kier molecular flexibility index (Phi) is 16.8. The van der Waals surface area contributed by atoms with Gasteiger partial charge in [-0.25, -0.2) is 4.99 Å². The van der Waals surface area contributed by atoms with E-state index < -0.39 is 6.04 Å². The molecule has 1 aliphatic carbocycles. The summed E-state index contributed by atoms with van der Waals surface area (Å²) in [6.07, 6.45) is 7.05. The molecule has 12 heteroatoms. The highest BCUT2D eigenvalue weighted by Crippen LogP contribution is 2.33. The predicted molar refractivity (Wildman–Crippen MR) is 203 cm³/mol. The number of aromatic nitrogens is 2. The number of nitrogens with two attached hydrogens (primary N) is 1. The summed E-state index contributed by atoms with van der Waals surface area (Å²) in [4.78, 5) is 43.1. The Bertz CT molecular complexity index is 1580. The number of amides is 2. The van der Waals surface area contributed by atoms with Gasteiger partial charge in [-0.1, -0.05) is 60.7 Å². The average Bonchev–Trinajstić information content (AvgIpc) is 3.86. The van der Waals surface area contributed by atoms with Gasteiger partial charge in [-0.05, 0) is 64.4 Å². The molecule has 1 saturated carbocycles. The molecule has 2 aliphatic rings. The van der Waals surface area contributed by atoms with E-state index in [1.807, 2.05) is 79.5 Å². The number of likely N-dealkylation sites (N-methyl/N-ethyl adjacent to an activating group) is 2. The summed E-state index contributed by atoms with van der Waals surface area (Å²) in [5.41, 5.74) is 9.99. The Morgan fingerprint density at radius 3 is 2.25 bits per heavy atom. The summed E-state index contributed by atoms with van der Waals surface area (Å²) in [7, 11) is 4.04. The lowest BCUT2D eigenvalue weighted by Crippen LogP contribution is -2.50. The van der Waals surface area contributed by atoms with E-state index in [1.54, 1.807) is 16.9 Å². The number of ether oxygens (including phenoxy) is 1. The van der Waals surface area contributed by atoms with E-state index in [-0.39, 0.29) is 12.3 Å². The van der Waals surface area contributed by atoms with Crippen LogP contribution in [-0.4, -0.2) is 96.0 Å². The van der Waals surface area contributed by atoms with Crippen LogP contribution in [0.1, 0.15) is 62.1 Å². The highest BCUT2D eigenvalue weighted by molar-refractivity contribution is 6.00. The van der Waals surface area contributed by atoms with Gasteiger partial charge in [0.1, 0.15) is 17.8 Å². The number of rotatable bonds is 15. The second kappa shape index (κ2) is 21.2. The second-order valence-corrected chi connectivity index (χ2v) is 12.7. The molecule has 0 spiro atoms. The van der Waals surface area contributed by atoms with Crippen LogP contribution in [0.2, 0.25) is 0 Å². The van der Waals surface area contributed by atoms with E-state index in [2.05, 4.69) is 48.1 Å². The summed E-state index contributed by atoms with van der Waals surface area (Å²) in [5, 5.41) is 9.64. The SMILES string of the molecule is C=C(C)C(C)N(C)C1COC1.CCN(C)C(=Nc1ccccc1)/C(=C\N)CC(C=O)NC(=O)c1ccn(C2CC2)n1.O=CNCc1ccccc1. The smallest absolute Gasteiger partial charge is 0.272 e. The molecule has 3 aromatic rings. The largest absolute Gasteiger partial charge is 0.404 e. The molecule has 274 valence electrons. The molecule has 51 heavy (non-hydrogen) atoms. The van der Waals surface area contributed by atoms with Crippen LogP contribution in [0, 0.1) is 0 Å². The number of carbonyl (C=O) groups is 3. The fourth-order valence-electron chi connectivity index (χ4n) is 4.90. The maximum atomic E-state index is 12.6. The molecule has 0 bridgehead atoms. The van der Waals surface area contributed by atoms with Crippen molar-refractivity contribution in [1.82, 2.24) is 30.2 Å². The van der Waals surface area contributed by atoms with E-state index in [0.29, 0.717) is 61.0 Å². The van der Waals surface area contributed by atoms with Gasteiger partial charge in [0.05, 0.1) is 37.0 Å². The molecule has 5 rings (SSSR count). The molecule has 4 N–H and O–H groups in total. The van der Waals surface area contributed by atoms with Crippen LogP contribution in [0.15, 0.2) is 102 Å². The van der Waals surface area contributed by atoms with Crippen LogP contribution in [0.25, 0.3) is 0 Å². The standard InChI is InChI=1S/C22H28N6O2.C9H17NO.C8H9NO/c1-3-27(2)21(24-17-7-5-4-6-8-17)16(14-23)13-18(15-29)25-22(30)20-11-12-28(26-20)19-9-10-19;1-7(2)8(3)10(4)9-5-11-6-9;10-7-9-6-8-4-2-1-3-5-8/h4-8,11-12,14-15,18-19H,3,9-10,13,23H2,1-2H3,(H,25,30);8-9H,1,5-6H2,2-4H3;1-5,7H,6H2,(H,9,10)/b16-14-,24-21?;;. The van der Waals surface area contributed by atoms with Crippen molar-refractivity contribution >= 4 is 30.1 Å². The van der Waals surface area contributed by atoms with Gasteiger partial charge in [-0.2, -0.15) is 5.10 Å². The quantitative estimate of drug-likeness (QED) is 0.0901. The van der Waals surface area contributed by atoms with Gasteiger partial charge in [0.2, 0.25) is 6.41 Å².